The molecule has 266 valence electrons. The van der Waals surface area contributed by atoms with E-state index in [1.165, 1.54) is 52.8 Å². The maximum absolute atomic E-state index is 13.8. The third-order valence-electron chi connectivity index (χ3n) is 7.33. The van der Waals surface area contributed by atoms with E-state index in [1.54, 1.807) is 32.9 Å². The smallest absolute Gasteiger partial charge is 0.407 e. The summed E-state index contributed by atoms with van der Waals surface area (Å²) in [4.78, 5) is 12.7. The number of hydrogen-bond donors (Lipinski definition) is 2. The highest BCUT2D eigenvalue weighted by Crippen LogP contribution is 2.36. The molecule has 2 heterocycles. The highest BCUT2D eigenvalue weighted by atomic mass is 32.2. The summed E-state index contributed by atoms with van der Waals surface area (Å²) < 4.78 is 86.6. The van der Waals surface area contributed by atoms with Gasteiger partial charge in [0.25, 0.3) is 0 Å². The number of aliphatic hydroxyl groups excluding tert-OH is 1. The molecule has 0 radical (unpaired) electrons. The van der Waals surface area contributed by atoms with Crippen LogP contribution in [-0.2, 0) is 31.3 Å². The summed E-state index contributed by atoms with van der Waals surface area (Å²) in [5, 5.41) is 14.2. The van der Waals surface area contributed by atoms with Crippen molar-refractivity contribution in [3.8, 4) is 28.7 Å². The van der Waals surface area contributed by atoms with E-state index >= 15 is 0 Å². The van der Waals surface area contributed by atoms with Crippen LogP contribution in [0.5, 0.6) is 28.7 Å². The molecule has 3 aromatic rings. The SMILES string of the molecule is CC(C)CN(C[C@@H](O)[C@H](Cc1ccc(OS(=O)(=O)c2ccc3c(c2)OCO3)cc1)NC(=O)OC(C)(C)C)S(=O)(=O)c1ccc2c(c1)OCO2. The number of benzene rings is 3. The Bertz CT molecular complexity index is 1870. The molecular weight excluding hydrogens is 680 g/mol. The predicted molar refractivity (Wildman–Crippen MR) is 176 cm³/mol. The van der Waals surface area contributed by atoms with Crippen molar-refractivity contribution in [3.05, 3.63) is 66.2 Å². The highest BCUT2D eigenvalue weighted by molar-refractivity contribution is 7.89. The Morgan fingerprint density at radius 2 is 1.39 bits per heavy atom. The monoisotopic (exact) mass is 720 g/mol. The van der Waals surface area contributed by atoms with Gasteiger partial charge in [-0.2, -0.15) is 12.7 Å². The van der Waals surface area contributed by atoms with E-state index in [2.05, 4.69) is 5.32 Å². The number of nitrogens with one attached hydrogen (secondary N) is 1. The van der Waals surface area contributed by atoms with Gasteiger partial charge in [-0.15, -0.1) is 0 Å². The lowest BCUT2D eigenvalue weighted by Crippen LogP contribution is -2.51. The van der Waals surface area contributed by atoms with Crippen LogP contribution in [0, 0.1) is 5.92 Å². The van der Waals surface area contributed by atoms with Crippen LogP contribution in [0.1, 0.15) is 40.2 Å². The molecule has 49 heavy (non-hydrogen) atoms. The van der Waals surface area contributed by atoms with Gasteiger partial charge in [0.1, 0.15) is 16.2 Å². The number of sulfonamides is 1. The number of carbonyl (C=O) groups is 1. The maximum atomic E-state index is 13.8. The van der Waals surface area contributed by atoms with Crippen LogP contribution in [0.4, 0.5) is 4.79 Å². The van der Waals surface area contributed by atoms with Gasteiger partial charge in [0.2, 0.25) is 23.6 Å². The van der Waals surface area contributed by atoms with Crippen LogP contribution in [-0.4, -0.2) is 76.8 Å². The number of amides is 1. The third-order valence-corrected chi connectivity index (χ3v) is 10.4. The summed E-state index contributed by atoms with van der Waals surface area (Å²) in [6.07, 6.45) is -2.16. The van der Waals surface area contributed by atoms with Crippen molar-refractivity contribution >= 4 is 26.2 Å². The molecule has 0 fully saturated rings. The Hall–Kier alpha value is -4.25. The molecule has 0 spiro atoms. The van der Waals surface area contributed by atoms with Crippen LogP contribution in [0.25, 0.3) is 0 Å². The van der Waals surface area contributed by atoms with Gasteiger partial charge < -0.3 is 38.3 Å². The summed E-state index contributed by atoms with van der Waals surface area (Å²) in [6, 6.07) is 13.5. The average molecular weight is 721 g/mol. The lowest BCUT2D eigenvalue weighted by Gasteiger charge is -2.31. The Balaban J connectivity index is 1.34. The Kier molecular flexibility index (Phi) is 10.5. The molecule has 14 nitrogen and oxygen atoms in total. The summed E-state index contributed by atoms with van der Waals surface area (Å²) in [7, 11) is -8.33. The fraction of sp³-hybridized carbons (Fsp3) is 0.424. The summed E-state index contributed by atoms with van der Waals surface area (Å²) in [5.41, 5.74) is -0.254. The molecule has 0 bridgehead atoms. The molecule has 0 aromatic heterocycles. The molecule has 5 rings (SSSR count). The molecule has 0 aliphatic carbocycles. The standard InChI is InChI=1S/C33H40N2O12S2/c1-21(2)17-35(48(38,39)24-10-12-28-30(15-24)44-19-42-28)18-27(36)26(34-32(37)46-33(3,4)5)14-22-6-8-23(9-7-22)47-49(40,41)25-11-13-29-31(16-25)45-20-43-29/h6-13,15-16,21,26-27,36H,14,17-20H2,1-5H3,(H,34,37)/t26-,27+/m0/s1. The number of rotatable bonds is 13. The van der Waals surface area contributed by atoms with Gasteiger partial charge in [0, 0.05) is 25.2 Å². The fourth-order valence-corrected chi connectivity index (χ4v) is 7.67. The van der Waals surface area contributed by atoms with Crippen LogP contribution in [0.3, 0.4) is 0 Å². The molecule has 0 saturated heterocycles. The Labute approximate surface area is 286 Å². The van der Waals surface area contributed by atoms with E-state index in [9.17, 15) is 26.7 Å². The quantitative estimate of drug-likeness (QED) is 0.243. The molecule has 2 N–H and O–H groups in total. The van der Waals surface area contributed by atoms with Crippen molar-refractivity contribution in [3.63, 3.8) is 0 Å². The van der Waals surface area contributed by atoms with E-state index in [0.29, 0.717) is 22.8 Å². The summed E-state index contributed by atoms with van der Waals surface area (Å²) in [5.74, 6) is 1.37. The predicted octanol–water partition coefficient (Wildman–Crippen LogP) is 4.06. The zero-order valence-corrected chi connectivity index (χ0v) is 29.4. The van der Waals surface area contributed by atoms with Gasteiger partial charge in [0.15, 0.2) is 23.0 Å². The zero-order chi connectivity index (χ0) is 35.6. The third kappa shape index (κ3) is 9.06. The van der Waals surface area contributed by atoms with Gasteiger partial charge in [-0.1, -0.05) is 26.0 Å². The summed E-state index contributed by atoms with van der Waals surface area (Å²) >= 11 is 0. The van der Waals surface area contributed by atoms with Gasteiger partial charge >= 0.3 is 16.2 Å². The number of alkyl carbamates (subject to hydrolysis) is 1. The first-order chi connectivity index (χ1) is 23.0. The maximum Gasteiger partial charge on any atom is 0.407 e. The highest BCUT2D eigenvalue weighted by Gasteiger charge is 2.33. The lowest BCUT2D eigenvalue weighted by molar-refractivity contribution is 0.0400. The van der Waals surface area contributed by atoms with Crippen molar-refractivity contribution < 1.29 is 54.6 Å². The molecule has 2 atom stereocenters. The average Bonchev–Trinajstić information content (AvgIpc) is 3.69. The number of ether oxygens (including phenoxy) is 5. The van der Waals surface area contributed by atoms with Crippen LogP contribution < -0.4 is 28.4 Å². The van der Waals surface area contributed by atoms with Gasteiger partial charge in [-0.3, -0.25) is 0 Å². The zero-order valence-electron chi connectivity index (χ0n) is 27.7. The fourth-order valence-electron chi connectivity index (χ4n) is 5.08. The largest absolute Gasteiger partial charge is 0.454 e. The molecule has 1 amide bonds. The number of fused-ring (bicyclic) bond motifs is 2. The second kappa shape index (κ2) is 14.3. The lowest BCUT2D eigenvalue weighted by atomic mass is 10.0. The molecule has 2 aliphatic heterocycles. The molecule has 16 heteroatoms. The number of carbonyl (C=O) groups excluding carboxylic acids is 1. The van der Waals surface area contributed by atoms with E-state index in [-0.39, 0.29) is 60.3 Å². The molecular formula is C33H40N2O12S2. The van der Waals surface area contributed by atoms with Crippen molar-refractivity contribution in [2.75, 3.05) is 26.7 Å². The first-order valence-corrected chi connectivity index (χ1v) is 18.4. The minimum atomic E-state index is -4.21. The number of nitrogens with zero attached hydrogens (tertiary/aromatic N) is 1. The van der Waals surface area contributed by atoms with Gasteiger partial charge in [-0.05, 0) is 75.1 Å². The van der Waals surface area contributed by atoms with Crippen molar-refractivity contribution in [2.24, 2.45) is 5.92 Å². The second-order valence-electron chi connectivity index (χ2n) is 13.0. The minimum absolute atomic E-state index is 0.00884. The van der Waals surface area contributed by atoms with Crippen molar-refractivity contribution in [2.45, 2.75) is 68.6 Å². The number of hydrogen-bond acceptors (Lipinski definition) is 12. The van der Waals surface area contributed by atoms with E-state index in [1.807, 2.05) is 13.8 Å². The second-order valence-corrected chi connectivity index (χ2v) is 16.4. The van der Waals surface area contributed by atoms with E-state index in [4.69, 9.17) is 27.9 Å². The van der Waals surface area contributed by atoms with Crippen molar-refractivity contribution in [1.29, 1.82) is 0 Å². The van der Waals surface area contributed by atoms with Gasteiger partial charge in [0.05, 0.1) is 17.0 Å². The molecule has 3 aromatic carbocycles. The Morgan fingerprint density at radius 1 is 0.837 bits per heavy atom. The minimum Gasteiger partial charge on any atom is -0.454 e. The Morgan fingerprint density at radius 3 is 1.96 bits per heavy atom. The number of aliphatic hydroxyl groups is 1. The summed E-state index contributed by atoms with van der Waals surface area (Å²) in [6.45, 7) is 8.47. The van der Waals surface area contributed by atoms with Crippen LogP contribution >= 0.6 is 0 Å². The first-order valence-electron chi connectivity index (χ1n) is 15.5. The normalized spacial score (nSPS) is 15.3. The molecule has 0 saturated carbocycles. The van der Waals surface area contributed by atoms with E-state index in [0.717, 1.165) is 0 Å². The van der Waals surface area contributed by atoms with Gasteiger partial charge in [-0.25, -0.2) is 13.2 Å². The van der Waals surface area contributed by atoms with Crippen LogP contribution in [0.2, 0.25) is 0 Å². The molecule has 2 aliphatic rings. The van der Waals surface area contributed by atoms with Crippen molar-refractivity contribution in [1.82, 2.24) is 9.62 Å². The molecule has 0 unspecified atom stereocenters. The first kappa shape index (κ1) is 36.0. The van der Waals surface area contributed by atoms with E-state index < -0.39 is 44.0 Å². The van der Waals surface area contributed by atoms with Crippen LogP contribution in [0.15, 0.2) is 70.5 Å². The topological polar surface area (TPSA) is 176 Å².